The second-order valence-corrected chi connectivity index (χ2v) is 8.85. The molecule has 2 aromatic rings. The summed E-state index contributed by atoms with van der Waals surface area (Å²) in [7, 11) is -4.00. The first-order chi connectivity index (χ1) is 12.9. The highest BCUT2D eigenvalue weighted by molar-refractivity contribution is 7.89. The van der Waals surface area contributed by atoms with E-state index in [2.05, 4.69) is 0 Å². The van der Waals surface area contributed by atoms with Gasteiger partial charge in [-0.3, -0.25) is 9.59 Å². The van der Waals surface area contributed by atoms with Crippen LogP contribution < -0.4 is 0 Å². The Labute approximate surface area is 158 Å². The molecule has 1 fully saturated rings. The molecular formula is C21H19NO4S. The zero-order valence-electron chi connectivity index (χ0n) is 14.9. The molecule has 2 aliphatic rings. The van der Waals surface area contributed by atoms with E-state index in [0.717, 1.165) is 22.7 Å². The molecule has 0 radical (unpaired) electrons. The van der Waals surface area contributed by atoms with Gasteiger partial charge in [-0.05, 0) is 37.8 Å². The summed E-state index contributed by atoms with van der Waals surface area (Å²) in [5.41, 5.74) is 2.08. The van der Waals surface area contributed by atoms with Crippen LogP contribution in [0.3, 0.4) is 0 Å². The molecule has 138 valence electrons. The average Bonchev–Trinajstić information content (AvgIpc) is 3.44. The van der Waals surface area contributed by atoms with Crippen molar-refractivity contribution in [2.45, 2.75) is 24.7 Å². The third kappa shape index (κ3) is 3.10. The summed E-state index contributed by atoms with van der Waals surface area (Å²) in [4.78, 5) is 26.0. The summed E-state index contributed by atoms with van der Waals surface area (Å²) in [6.45, 7) is 1.66. The van der Waals surface area contributed by atoms with E-state index in [9.17, 15) is 18.0 Å². The van der Waals surface area contributed by atoms with Crippen molar-refractivity contribution in [3.8, 4) is 0 Å². The Balaban J connectivity index is 1.72. The van der Waals surface area contributed by atoms with Crippen LogP contribution in [0.15, 0.2) is 70.6 Å². The van der Waals surface area contributed by atoms with Crippen molar-refractivity contribution < 1.29 is 18.0 Å². The Morgan fingerprint density at radius 2 is 1.63 bits per heavy atom. The second-order valence-electron chi connectivity index (χ2n) is 6.99. The molecule has 1 heterocycles. The third-order valence-electron chi connectivity index (χ3n) is 4.99. The topological polar surface area (TPSA) is 71.5 Å². The van der Waals surface area contributed by atoms with Crippen molar-refractivity contribution in [2.75, 3.05) is 6.54 Å². The van der Waals surface area contributed by atoms with Gasteiger partial charge in [0, 0.05) is 16.7 Å². The molecule has 2 aromatic carbocycles. The number of hydrogen-bond acceptors (Lipinski definition) is 4. The maximum absolute atomic E-state index is 13.0. The fourth-order valence-electron chi connectivity index (χ4n) is 3.35. The van der Waals surface area contributed by atoms with Crippen LogP contribution in [0.1, 0.15) is 28.8 Å². The monoisotopic (exact) mass is 381 g/mol. The van der Waals surface area contributed by atoms with Gasteiger partial charge in [0.2, 0.25) is 0 Å². The maximum Gasteiger partial charge on any atom is 0.267 e. The quantitative estimate of drug-likeness (QED) is 0.746. The van der Waals surface area contributed by atoms with Gasteiger partial charge in [0.15, 0.2) is 5.78 Å². The highest BCUT2D eigenvalue weighted by Gasteiger charge is 2.46. The first-order valence-electron chi connectivity index (χ1n) is 8.86. The number of hydrogen-bond donors (Lipinski definition) is 0. The van der Waals surface area contributed by atoms with Crippen LogP contribution in [0, 0.1) is 12.8 Å². The molecule has 4 rings (SSSR count). The van der Waals surface area contributed by atoms with Crippen LogP contribution in [0.5, 0.6) is 0 Å². The molecule has 0 saturated heterocycles. The molecule has 0 bridgehead atoms. The van der Waals surface area contributed by atoms with Gasteiger partial charge < -0.3 is 0 Å². The van der Waals surface area contributed by atoms with E-state index in [1.165, 1.54) is 12.1 Å². The standard InChI is InChI=1S/C21H19NO4S/c1-14-7-11-17(12-8-14)27(25,26)22-13-18(19(21(22)24)15-9-10-15)20(23)16-5-3-2-4-6-16/h2-8,11-12,15H,9-10,13H2,1H3. The lowest BCUT2D eigenvalue weighted by Crippen LogP contribution is -2.34. The number of Topliss-reactive ketones (excluding diaryl/α,β-unsaturated/α-hetero) is 1. The second kappa shape index (κ2) is 6.46. The largest absolute Gasteiger partial charge is 0.289 e. The lowest BCUT2D eigenvalue weighted by Gasteiger charge is -2.17. The zero-order valence-corrected chi connectivity index (χ0v) is 15.7. The number of rotatable bonds is 5. The van der Waals surface area contributed by atoms with Crippen LogP contribution in [0.4, 0.5) is 0 Å². The summed E-state index contributed by atoms with van der Waals surface area (Å²) in [5, 5.41) is 0. The molecule has 5 nitrogen and oxygen atoms in total. The van der Waals surface area contributed by atoms with Crippen molar-refractivity contribution in [1.29, 1.82) is 0 Å². The van der Waals surface area contributed by atoms with Crippen molar-refractivity contribution in [1.82, 2.24) is 4.31 Å². The summed E-state index contributed by atoms with van der Waals surface area (Å²) < 4.78 is 26.9. The molecule has 1 amide bonds. The van der Waals surface area contributed by atoms with Crippen molar-refractivity contribution in [3.05, 3.63) is 76.9 Å². The summed E-state index contributed by atoms with van der Waals surface area (Å²) in [6, 6.07) is 15.0. The minimum atomic E-state index is -4.00. The molecule has 1 aliphatic carbocycles. The number of nitrogens with zero attached hydrogens (tertiary/aromatic N) is 1. The fourth-order valence-corrected chi connectivity index (χ4v) is 4.70. The SMILES string of the molecule is Cc1ccc(S(=O)(=O)N2CC(C(=O)c3ccccc3)=C(C3CC3)C2=O)cc1. The Morgan fingerprint density at radius 3 is 2.22 bits per heavy atom. The molecule has 1 aliphatic heterocycles. The van der Waals surface area contributed by atoms with Gasteiger partial charge in [0.05, 0.1) is 11.4 Å². The molecule has 27 heavy (non-hydrogen) atoms. The van der Waals surface area contributed by atoms with Crippen LogP contribution >= 0.6 is 0 Å². The van der Waals surface area contributed by atoms with Crippen molar-refractivity contribution in [2.24, 2.45) is 5.92 Å². The van der Waals surface area contributed by atoms with Gasteiger partial charge in [-0.15, -0.1) is 0 Å². The van der Waals surface area contributed by atoms with Gasteiger partial charge in [-0.2, -0.15) is 0 Å². The molecule has 0 unspecified atom stereocenters. The Morgan fingerprint density at radius 1 is 1.00 bits per heavy atom. The smallest absolute Gasteiger partial charge is 0.267 e. The number of ketones is 1. The summed E-state index contributed by atoms with van der Waals surface area (Å²) in [6.07, 6.45) is 1.62. The minimum Gasteiger partial charge on any atom is -0.289 e. The lowest BCUT2D eigenvalue weighted by atomic mass is 9.98. The molecule has 1 saturated carbocycles. The number of amides is 1. The first-order valence-corrected chi connectivity index (χ1v) is 10.3. The van der Waals surface area contributed by atoms with Gasteiger partial charge in [-0.25, -0.2) is 12.7 Å². The highest BCUT2D eigenvalue weighted by Crippen LogP contribution is 2.43. The number of sulfonamides is 1. The van der Waals surface area contributed by atoms with E-state index < -0.39 is 15.9 Å². The molecule has 0 spiro atoms. The molecule has 0 N–H and O–H groups in total. The highest BCUT2D eigenvalue weighted by atomic mass is 32.2. The van der Waals surface area contributed by atoms with Crippen LogP contribution in [-0.4, -0.2) is 31.0 Å². The molecular weight excluding hydrogens is 362 g/mol. The predicted octanol–water partition coefficient (Wildman–Crippen LogP) is 3.12. The normalized spacial score (nSPS) is 17.5. The van der Waals surface area contributed by atoms with Gasteiger partial charge in [0.25, 0.3) is 15.9 Å². The molecule has 6 heteroatoms. The number of carbonyl (C=O) groups excluding carboxylic acids is 2. The zero-order chi connectivity index (χ0) is 19.2. The van der Waals surface area contributed by atoms with E-state index in [1.807, 2.05) is 6.92 Å². The third-order valence-corrected chi connectivity index (χ3v) is 6.73. The summed E-state index contributed by atoms with van der Waals surface area (Å²) >= 11 is 0. The number of carbonyl (C=O) groups is 2. The van der Waals surface area contributed by atoms with E-state index in [1.54, 1.807) is 42.5 Å². The van der Waals surface area contributed by atoms with Gasteiger partial charge in [-0.1, -0.05) is 48.0 Å². The van der Waals surface area contributed by atoms with E-state index in [-0.39, 0.29) is 23.1 Å². The summed E-state index contributed by atoms with van der Waals surface area (Å²) in [5.74, 6) is -0.844. The number of benzene rings is 2. The Hall–Kier alpha value is -2.73. The van der Waals surface area contributed by atoms with Gasteiger partial charge in [0.1, 0.15) is 0 Å². The molecule has 0 aromatic heterocycles. The van der Waals surface area contributed by atoms with Crippen LogP contribution in [-0.2, 0) is 14.8 Å². The minimum absolute atomic E-state index is 0.0154. The van der Waals surface area contributed by atoms with Crippen LogP contribution in [0.25, 0.3) is 0 Å². The average molecular weight is 381 g/mol. The van der Waals surface area contributed by atoms with Crippen molar-refractivity contribution >= 4 is 21.7 Å². The Kier molecular flexibility index (Phi) is 4.23. The van der Waals surface area contributed by atoms with Crippen molar-refractivity contribution in [3.63, 3.8) is 0 Å². The lowest BCUT2D eigenvalue weighted by molar-refractivity contribution is -0.121. The maximum atomic E-state index is 13.0. The molecule has 0 atom stereocenters. The number of aryl methyl sites for hydroxylation is 1. The van der Waals surface area contributed by atoms with Crippen LogP contribution in [0.2, 0.25) is 0 Å². The van der Waals surface area contributed by atoms with E-state index in [4.69, 9.17) is 0 Å². The van der Waals surface area contributed by atoms with E-state index >= 15 is 0 Å². The van der Waals surface area contributed by atoms with E-state index in [0.29, 0.717) is 16.7 Å². The fraction of sp³-hybridized carbons (Fsp3) is 0.238. The first kappa shape index (κ1) is 17.7. The predicted molar refractivity (Wildman–Crippen MR) is 101 cm³/mol. The Bertz CT molecular complexity index is 1050. The van der Waals surface area contributed by atoms with Gasteiger partial charge >= 0.3 is 0 Å².